The molecule has 1 aliphatic heterocycles. The number of nitrogens with zero attached hydrogens (tertiary/aromatic N) is 1. The van der Waals surface area contributed by atoms with Gasteiger partial charge in [-0.05, 0) is 29.8 Å². The van der Waals surface area contributed by atoms with Crippen molar-refractivity contribution in [1.82, 2.24) is 10.3 Å². The van der Waals surface area contributed by atoms with Crippen LogP contribution in [0.2, 0.25) is 50.2 Å². The maximum Gasteiger partial charge on any atom is 0.349 e. The van der Waals surface area contributed by atoms with Crippen molar-refractivity contribution in [1.29, 1.82) is 0 Å². The Kier molecular flexibility index (Phi) is 12.2. The summed E-state index contributed by atoms with van der Waals surface area (Å²) in [5, 5.41) is 1.62. The molecule has 250 valence electrons. The highest BCUT2D eigenvalue weighted by atomic mass is 35.5. The predicted octanol–water partition coefficient (Wildman–Crippen LogP) is 11.2. The minimum Gasteiger partial charge on any atom is -0.481 e. The van der Waals surface area contributed by atoms with Crippen LogP contribution in [0.3, 0.4) is 0 Å². The van der Waals surface area contributed by atoms with Crippen LogP contribution in [0.5, 0.6) is 23.0 Å². The lowest BCUT2D eigenvalue weighted by molar-refractivity contribution is -0.136. The molecule has 1 atom stereocenters. The Morgan fingerprint density at radius 3 is 1.73 bits per heavy atom. The second kappa shape index (κ2) is 15.8. The molecule has 48 heavy (non-hydrogen) atoms. The minimum atomic E-state index is -0.827. The van der Waals surface area contributed by atoms with Gasteiger partial charge in [-0.2, -0.15) is 0 Å². The molecule has 3 aromatic carbocycles. The fourth-order valence-corrected chi connectivity index (χ4v) is 6.72. The number of amides is 1. The summed E-state index contributed by atoms with van der Waals surface area (Å²) in [4.78, 5) is 29.7. The van der Waals surface area contributed by atoms with Gasteiger partial charge in [-0.25, -0.2) is 4.79 Å². The van der Waals surface area contributed by atoms with Crippen molar-refractivity contribution in [2.24, 2.45) is 0 Å². The predicted molar refractivity (Wildman–Crippen MR) is 189 cm³/mol. The smallest absolute Gasteiger partial charge is 0.349 e. The van der Waals surface area contributed by atoms with Crippen LogP contribution in [-0.4, -0.2) is 30.1 Å². The van der Waals surface area contributed by atoms with Crippen molar-refractivity contribution >= 4 is 128 Å². The number of fused-ring (bicyclic) bond motifs is 1. The number of carbonyl (C=O) groups excluding carboxylic acids is 2. The summed E-state index contributed by atoms with van der Waals surface area (Å²) in [6.07, 6.45) is 4.92. The number of hydrogen-bond acceptors (Lipinski definition) is 7. The highest BCUT2D eigenvalue weighted by molar-refractivity contribution is 6.56. The molecule has 1 aliphatic rings. The molecule has 1 unspecified atom stereocenters. The number of nitrogens with one attached hydrogen (secondary N) is 1. The van der Waals surface area contributed by atoms with Crippen LogP contribution in [0.25, 0.3) is 0 Å². The van der Waals surface area contributed by atoms with Crippen LogP contribution < -0.4 is 24.3 Å². The van der Waals surface area contributed by atoms with Gasteiger partial charge >= 0.3 is 5.97 Å². The van der Waals surface area contributed by atoms with Crippen molar-refractivity contribution < 1.29 is 28.5 Å². The second-order valence-electron chi connectivity index (χ2n) is 9.49. The molecule has 4 aromatic rings. The first-order valence-electron chi connectivity index (χ1n) is 13.0. The maximum absolute atomic E-state index is 12.9. The van der Waals surface area contributed by atoms with Crippen LogP contribution in [-0.2, 0) is 9.59 Å². The zero-order valence-corrected chi connectivity index (χ0v) is 30.8. The monoisotopic (exact) mass is 848 g/mol. The Balaban J connectivity index is 1.32. The van der Waals surface area contributed by atoms with Crippen molar-refractivity contribution in [3.05, 3.63) is 116 Å². The maximum atomic E-state index is 12.9. The Hall–Kier alpha value is -2.21. The molecule has 0 fully saturated rings. The van der Waals surface area contributed by atoms with Crippen molar-refractivity contribution in [2.45, 2.75) is 5.92 Å². The largest absolute Gasteiger partial charge is 0.481 e. The third kappa shape index (κ3) is 7.89. The number of esters is 1. The molecule has 0 aliphatic carbocycles. The fraction of sp³-hybridized carbons (Fsp3) is 0.100. The molecule has 2 heterocycles. The van der Waals surface area contributed by atoms with E-state index in [1.807, 2.05) is 0 Å². The number of allylic oxidation sites excluding steroid dienone is 1. The first-order valence-corrected chi connectivity index (χ1v) is 16.8. The molecule has 18 heteroatoms. The molecule has 1 amide bonds. The van der Waals surface area contributed by atoms with Crippen LogP contribution in [0.4, 0.5) is 0 Å². The zero-order valence-electron chi connectivity index (χ0n) is 23.3. The molecule has 0 bridgehead atoms. The molecule has 0 spiro atoms. The van der Waals surface area contributed by atoms with E-state index < -0.39 is 31.0 Å². The van der Waals surface area contributed by atoms with Crippen LogP contribution in [0.15, 0.2) is 54.7 Å². The summed E-state index contributed by atoms with van der Waals surface area (Å²) >= 11 is 61.0. The van der Waals surface area contributed by atoms with Gasteiger partial charge in [0, 0.05) is 29.9 Å². The lowest BCUT2D eigenvalue weighted by atomic mass is 9.89. The van der Waals surface area contributed by atoms with Crippen LogP contribution in [0.1, 0.15) is 17.0 Å². The number of pyridine rings is 1. The van der Waals surface area contributed by atoms with E-state index in [1.54, 1.807) is 42.7 Å². The van der Waals surface area contributed by atoms with Gasteiger partial charge in [0.05, 0.1) is 30.1 Å². The summed E-state index contributed by atoms with van der Waals surface area (Å²) < 4.78 is 22.4. The van der Waals surface area contributed by atoms with E-state index in [0.29, 0.717) is 5.56 Å². The lowest BCUT2D eigenvalue weighted by Crippen LogP contribution is -2.32. The quantitative estimate of drug-likeness (QED) is 0.0775. The first kappa shape index (κ1) is 37.1. The van der Waals surface area contributed by atoms with Crippen molar-refractivity contribution in [2.75, 3.05) is 13.2 Å². The van der Waals surface area contributed by atoms with Gasteiger partial charge in [0.15, 0.2) is 30.6 Å². The van der Waals surface area contributed by atoms with Crippen molar-refractivity contribution in [3.63, 3.8) is 0 Å². The number of halogens is 10. The third-order valence-electron chi connectivity index (χ3n) is 6.44. The number of benzene rings is 3. The number of rotatable bonds is 9. The third-order valence-corrected chi connectivity index (χ3v) is 10.9. The van der Waals surface area contributed by atoms with E-state index in [0.717, 1.165) is 5.56 Å². The van der Waals surface area contributed by atoms with E-state index >= 15 is 0 Å². The molecular formula is C30H14Cl10N2O6. The van der Waals surface area contributed by atoms with Gasteiger partial charge in [-0.1, -0.05) is 122 Å². The fourth-order valence-electron chi connectivity index (χ4n) is 4.26. The Labute approximate surface area is 322 Å². The standard InChI is InChI=1S/C30H14Cl10N2O6/c31-19-21(33)25(37)29(26(38)22(19)34)45-9-16(43)42-17-8-14(11-3-5-41-6-4-11)13-2-1-12(7-15(13)48-17)47-18(44)10-46-30-27(39)23(35)20(32)24(36)28(30)40/h1-8,14H,9-10H2,(H,42,43). The lowest BCUT2D eigenvalue weighted by Gasteiger charge is -2.26. The summed E-state index contributed by atoms with van der Waals surface area (Å²) in [5.41, 5.74) is 1.52. The minimum absolute atomic E-state index is 0.0508. The molecule has 5 rings (SSSR count). The highest BCUT2D eigenvalue weighted by Gasteiger charge is 2.27. The zero-order chi connectivity index (χ0) is 34.9. The Bertz CT molecular complexity index is 1920. The highest BCUT2D eigenvalue weighted by Crippen LogP contribution is 2.49. The van der Waals surface area contributed by atoms with E-state index in [9.17, 15) is 9.59 Å². The van der Waals surface area contributed by atoms with E-state index in [2.05, 4.69) is 10.3 Å². The summed E-state index contributed by atoms with van der Waals surface area (Å²) in [6.45, 7) is -1.18. The summed E-state index contributed by atoms with van der Waals surface area (Å²) in [7, 11) is 0. The van der Waals surface area contributed by atoms with E-state index in [-0.39, 0.29) is 79.1 Å². The van der Waals surface area contributed by atoms with Gasteiger partial charge in [0.2, 0.25) is 0 Å². The first-order chi connectivity index (χ1) is 22.8. The number of hydrogen-bond donors (Lipinski definition) is 1. The van der Waals surface area contributed by atoms with E-state index in [4.69, 9.17) is 135 Å². The number of aromatic nitrogens is 1. The average molecular weight is 853 g/mol. The SMILES string of the molecule is O=C(COc1c(Cl)c(Cl)c(Cl)c(Cl)c1Cl)NC1=CC(c2ccncc2)c2ccc(OC(=O)COc3c(Cl)c(Cl)c(Cl)c(Cl)c3Cl)cc2O1. The topological polar surface area (TPSA) is 96.0 Å². The summed E-state index contributed by atoms with van der Waals surface area (Å²) in [6, 6.07) is 8.32. The van der Waals surface area contributed by atoms with Gasteiger partial charge < -0.3 is 18.9 Å². The van der Waals surface area contributed by atoms with Gasteiger partial charge in [-0.3, -0.25) is 15.1 Å². The molecule has 8 nitrogen and oxygen atoms in total. The number of carbonyl (C=O) groups is 2. The normalized spacial score (nSPS) is 13.6. The number of ether oxygens (including phenoxy) is 4. The summed E-state index contributed by atoms with van der Waals surface area (Å²) in [5.74, 6) is -1.74. The second-order valence-corrected chi connectivity index (χ2v) is 13.3. The van der Waals surface area contributed by atoms with Gasteiger partial charge in [-0.15, -0.1) is 0 Å². The van der Waals surface area contributed by atoms with Crippen LogP contribution in [0, 0.1) is 0 Å². The molecule has 0 saturated heterocycles. The average Bonchev–Trinajstić information content (AvgIpc) is 3.08. The molecule has 1 aromatic heterocycles. The molecule has 0 radical (unpaired) electrons. The van der Waals surface area contributed by atoms with Crippen LogP contribution >= 0.6 is 116 Å². The molecular weight excluding hydrogens is 839 g/mol. The Morgan fingerprint density at radius 1 is 0.688 bits per heavy atom. The van der Waals surface area contributed by atoms with Crippen molar-refractivity contribution in [3.8, 4) is 23.0 Å². The molecule has 0 saturated carbocycles. The van der Waals surface area contributed by atoms with E-state index in [1.165, 1.54) is 6.07 Å². The van der Waals surface area contributed by atoms with Gasteiger partial charge in [0.1, 0.15) is 31.6 Å². The Morgan fingerprint density at radius 2 is 1.19 bits per heavy atom. The molecule has 1 N–H and O–H groups in total. The van der Waals surface area contributed by atoms with Gasteiger partial charge in [0.25, 0.3) is 5.91 Å².